The first-order valence-corrected chi connectivity index (χ1v) is 9.70. The minimum atomic E-state index is -0.521. The van der Waals surface area contributed by atoms with Gasteiger partial charge >= 0.3 is 11.7 Å². The van der Waals surface area contributed by atoms with Crippen LogP contribution in [0.2, 0.25) is 0 Å². The number of carbonyl (C=O) groups excluding carboxylic acids is 2. The molecule has 0 aromatic carbocycles. The maximum atomic E-state index is 12.7. The molecule has 2 aromatic rings. The predicted octanol–water partition coefficient (Wildman–Crippen LogP) is -0.0314. The van der Waals surface area contributed by atoms with Crippen molar-refractivity contribution in [1.29, 1.82) is 0 Å². The Hall–Kier alpha value is -2.69. The summed E-state index contributed by atoms with van der Waals surface area (Å²) in [5.41, 5.74) is -1.22. The van der Waals surface area contributed by atoms with Gasteiger partial charge < -0.3 is 5.32 Å². The molecule has 3 amide bonds. The Morgan fingerprint density at radius 3 is 2.39 bits per heavy atom. The minimum absolute atomic E-state index is 0.0604. The second-order valence-electron chi connectivity index (χ2n) is 7.57. The molecule has 1 aliphatic heterocycles. The summed E-state index contributed by atoms with van der Waals surface area (Å²) in [6.07, 6.45) is 0. The molecule has 1 aliphatic rings. The van der Waals surface area contributed by atoms with Crippen LogP contribution in [0.4, 0.5) is 4.79 Å². The Morgan fingerprint density at radius 2 is 1.82 bits per heavy atom. The van der Waals surface area contributed by atoms with E-state index in [1.54, 1.807) is 0 Å². The van der Waals surface area contributed by atoms with E-state index in [0.29, 0.717) is 23.9 Å². The lowest BCUT2D eigenvalue weighted by atomic mass is 9.96. The van der Waals surface area contributed by atoms with Crippen molar-refractivity contribution in [2.24, 2.45) is 14.1 Å². The van der Waals surface area contributed by atoms with Gasteiger partial charge in [0.2, 0.25) is 5.91 Å². The lowest BCUT2D eigenvalue weighted by Crippen LogP contribution is -2.38. The van der Waals surface area contributed by atoms with Crippen molar-refractivity contribution < 1.29 is 9.59 Å². The van der Waals surface area contributed by atoms with Gasteiger partial charge in [0.15, 0.2) is 5.65 Å². The van der Waals surface area contributed by atoms with Crippen molar-refractivity contribution in [3.8, 4) is 0 Å². The molecule has 0 atom stereocenters. The van der Waals surface area contributed by atoms with Crippen LogP contribution < -0.4 is 16.6 Å². The normalized spacial score (nSPS) is 14.6. The van der Waals surface area contributed by atoms with Crippen molar-refractivity contribution >= 4 is 34.7 Å². The van der Waals surface area contributed by atoms with Gasteiger partial charge in [-0.2, -0.15) is 0 Å². The Morgan fingerprint density at radius 1 is 1.14 bits per heavy atom. The van der Waals surface area contributed by atoms with Crippen molar-refractivity contribution in [3.05, 3.63) is 26.7 Å². The van der Waals surface area contributed by atoms with Crippen LogP contribution in [0.3, 0.4) is 0 Å². The summed E-state index contributed by atoms with van der Waals surface area (Å²) in [5, 5.41) is 3.08. The molecule has 0 bridgehead atoms. The summed E-state index contributed by atoms with van der Waals surface area (Å²) < 4.78 is 2.29. The van der Waals surface area contributed by atoms with E-state index in [1.165, 1.54) is 18.7 Å². The van der Waals surface area contributed by atoms with Crippen LogP contribution in [0.1, 0.15) is 26.6 Å². The van der Waals surface area contributed by atoms with E-state index in [1.807, 2.05) is 20.8 Å². The maximum Gasteiger partial charge on any atom is 0.332 e. The lowest BCUT2D eigenvalue weighted by Gasteiger charge is -2.19. The first-order valence-electron chi connectivity index (χ1n) is 8.71. The van der Waals surface area contributed by atoms with E-state index in [9.17, 15) is 19.2 Å². The van der Waals surface area contributed by atoms with Crippen LogP contribution in [0.15, 0.2) is 14.6 Å². The zero-order chi connectivity index (χ0) is 20.8. The molecule has 10 nitrogen and oxygen atoms in total. The first-order chi connectivity index (χ1) is 13.0. The molecule has 1 saturated heterocycles. The second-order valence-corrected chi connectivity index (χ2v) is 8.54. The fourth-order valence-electron chi connectivity index (χ4n) is 2.79. The third-order valence-electron chi connectivity index (χ3n) is 4.43. The molecule has 2 aromatic heterocycles. The highest BCUT2D eigenvalue weighted by atomic mass is 32.2. The number of hydrogen-bond donors (Lipinski definition) is 1. The fraction of sp³-hybridized carbons (Fsp3) is 0.529. The van der Waals surface area contributed by atoms with Gasteiger partial charge in [-0.1, -0.05) is 32.5 Å². The Kier molecular flexibility index (Phi) is 5.04. The lowest BCUT2D eigenvalue weighted by molar-refractivity contribution is -0.124. The SMILES string of the molecule is Cn1c(=O)c2c(SCC(=O)N3CCNC3=O)nc(C(C)(C)C)nc2n(C)c1=O. The van der Waals surface area contributed by atoms with Crippen LogP contribution in [0.25, 0.3) is 11.0 Å². The van der Waals surface area contributed by atoms with Crippen LogP contribution in [-0.4, -0.2) is 54.8 Å². The fourth-order valence-corrected chi connectivity index (χ4v) is 3.68. The number of nitrogens with one attached hydrogen (secondary N) is 1. The van der Waals surface area contributed by atoms with Crippen LogP contribution in [0, 0.1) is 0 Å². The molecule has 0 unspecified atom stereocenters. The molecule has 28 heavy (non-hydrogen) atoms. The molecule has 0 aliphatic carbocycles. The molecule has 3 heterocycles. The monoisotopic (exact) mass is 406 g/mol. The third-order valence-corrected chi connectivity index (χ3v) is 5.39. The highest BCUT2D eigenvalue weighted by molar-refractivity contribution is 8.00. The molecule has 1 N–H and O–H groups in total. The van der Waals surface area contributed by atoms with E-state index < -0.39 is 22.7 Å². The predicted molar refractivity (Wildman–Crippen MR) is 105 cm³/mol. The molecule has 0 spiro atoms. The zero-order valence-corrected chi connectivity index (χ0v) is 17.2. The summed E-state index contributed by atoms with van der Waals surface area (Å²) >= 11 is 1.06. The molecule has 150 valence electrons. The summed E-state index contributed by atoms with van der Waals surface area (Å²) in [4.78, 5) is 59.2. The Bertz CT molecular complexity index is 1100. The number of imide groups is 1. The number of thioether (sulfide) groups is 1. The molecule has 0 saturated carbocycles. The number of hydrogen-bond acceptors (Lipinski definition) is 7. The van der Waals surface area contributed by atoms with E-state index in [-0.39, 0.29) is 22.7 Å². The molecule has 11 heteroatoms. The molecule has 3 rings (SSSR count). The van der Waals surface area contributed by atoms with Crippen LogP contribution in [-0.2, 0) is 24.3 Å². The summed E-state index contributed by atoms with van der Waals surface area (Å²) in [5.74, 6) is 0.0256. The van der Waals surface area contributed by atoms with Gasteiger partial charge in [0.05, 0.1) is 5.75 Å². The highest BCUT2D eigenvalue weighted by Gasteiger charge is 2.28. The standard InChI is InChI=1S/C17H22N6O4S/c1-17(2,3)14-19-11-10(13(25)22(5)16(27)21(11)4)12(20-14)28-8-9(24)23-7-6-18-15(23)26/h6-8H2,1-5H3,(H,18,26). The Balaban J connectivity index is 2.12. The average Bonchev–Trinajstić information content (AvgIpc) is 3.07. The number of urea groups is 1. The average molecular weight is 406 g/mol. The third kappa shape index (κ3) is 3.41. The van der Waals surface area contributed by atoms with E-state index in [4.69, 9.17) is 0 Å². The van der Waals surface area contributed by atoms with Gasteiger partial charge in [0.25, 0.3) is 5.56 Å². The highest BCUT2D eigenvalue weighted by Crippen LogP contribution is 2.27. The van der Waals surface area contributed by atoms with E-state index in [0.717, 1.165) is 21.2 Å². The van der Waals surface area contributed by atoms with Gasteiger partial charge in [0, 0.05) is 32.6 Å². The van der Waals surface area contributed by atoms with E-state index >= 15 is 0 Å². The summed E-state index contributed by atoms with van der Waals surface area (Å²) in [6, 6.07) is -0.424. The zero-order valence-electron chi connectivity index (χ0n) is 16.4. The van der Waals surface area contributed by atoms with Crippen molar-refractivity contribution in [2.75, 3.05) is 18.8 Å². The first kappa shape index (κ1) is 20.1. The smallest absolute Gasteiger partial charge is 0.332 e. The number of aromatic nitrogens is 4. The van der Waals surface area contributed by atoms with Crippen molar-refractivity contribution in [1.82, 2.24) is 29.3 Å². The second kappa shape index (κ2) is 7.04. The summed E-state index contributed by atoms with van der Waals surface area (Å²) in [7, 11) is 2.92. The molecule has 0 radical (unpaired) electrons. The number of fused-ring (bicyclic) bond motifs is 1. The van der Waals surface area contributed by atoms with Gasteiger partial charge in [0.1, 0.15) is 16.2 Å². The number of carbonyl (C=O) groups is 2. The molecule has 1 fully saturated rings. The van der Waals surface area contributed by atoms with E-state index in [2.05, 4.69) is 15.3 Å². The van der Waals surface area contributed by atoms with Gasteiger partial charge in [-0.05, 0) is 0 Å². The number of rotatable bonds is 3. The number of aryl methyl sites for hydroxylation is 1. The van der Waals surface area contributed by atoms with Crippen molar-refractivity contribution in [2.45, 2.75) is 31.2 Å². The van der Waals surface area contributed by atoms with Crippen molar-refractivity contribution in [3.63, 3.8) is 0 Å². The molecular weight excluding hydrogens is 384 g/mol. The quantitative estimate of drug-likeness (QED) is 0.561. The number of amides is 3. The largest absolute Gasteiger partial charge is 0.336 e. The van der Waals surface area contributed by atoms with Crippen LogP contribution in [0.5, 0.6) is 0 Å². The van der Waals surface area contributed by atoms with Gasteiger partial charge in [-0.25, -0.2) is 19.6 Å². The Labute approximate surface area is 164 Å². The van der Waals surface area contributed by atoms with Crippen LogP contribution >= 0.6 is 11.8 Å². The maximum absolute atomic E-state index is 12.7. The van der Waals surface area contributed by atoms with Gasteiger partial charge in [-0.3, -0.25) is 23.6 Å². The number of nitrogens with zero attached hydrogens (tertiary/aromatic N) is 5. The molecular formula is C17H22N6O4S. The summed E-state index contributed by atoms with van der Waals surface area (Å²) in [6.45, 7) is 6.49. The minimum Gasteiger partial charge on any atom is -0.336 e. The van der Waals surface area contributed by atoms with Gasteiger partial charge in [-0.15, -0.1) is 0 Å². The topological polar surface area (TPSA) is 119 Å².